The number of aliphatic hydroxyl groups excluding tert-OH is 1. The summed E-state index contributed by atoms with van der Waals surface area (Å²) in [6.07, 6.45) is -0.607. The number of piperazine rings is 1. The minimum atomic E-state index is -0.607. The van der Waals surface area contributed by atoms with Gasteiger partial charge in [-0.2, -0.15) is 5.26 Å². The lowest BCUT2D eigenvalue weighted by atomic mass is 10.1. The first kappa shape index (κ1) is 13.8. The summed E-state index contributed by atoms with van der Waals surface area (Å²) in [5, 5.41) is 22.6. The molecule has 1 aromatic rings. The molecular weight excluding hydrogens is 242 g/mol. The molecule has 2 N–H and O–H groups in total. The Bertz CT molecular complexity index is 458. The highest BCUT2D eigenvalue weighted by molar-refractivity contribution is 5.30. The van der Waals surface area contributed by atoms with Crippen molar-refractivity contribution in [1.82, 2.24) is 10.2 Å². The van der Waals surface area contributed by atoms with Gasteiger partial charge in [0, 0.05) is 26.2 Å². The van der Waals surface area contributed by atoms with Crippen molar-refractivity contribution in [3.05, 3.63) is 29.8 Å². The van der Waals surface area contributed by atoms with Gasteiger partial charge in [-0.05, 0) is 17.7 Å². The van der Waals surface area contributed by atoms with Crippen LogP contribution in [0.3, 0.4) is 0 Å². The van der Waals surface area contributed by atoms with Gasteiger partial charge in [-0.3, -0.25) is 4.90 Å². The Morgan fingerprint density at radius 1 is 1.63 bits per heavy atom. The fourth-order valence-corrected chi connectivity index (χ4v) is 2.27. The fraction of sp³-hybridized carbons (Fsp3) is 0.500. The second-order valence-electron chi connectivity index (χ2n) is 4.64. The molecule has 102 valence electrons. The minimum absolute atomic E-state index is 0.172. The van der Waals surface area contributed by atoms with Crippen molar-refractivity contribution in [3.63, 3.8) is 0 Å². The molecule has 0 spiro atoms. The van der Waals surface area contributed by atoms with Gasteiger partial charge in [-0.1, -0.05) is 12.1 Å². The van der Waals surface area contributed by atoms with Crippen LogP contribution < -0.4 is 10.1 Å². The quantitative estimate of drug-likeness (QED) is 0.827. The second-order valence-corrected chi connectivity index (χ2v) is 4.64. The van der Waals surface area contributed by atoms with Gasteiger partial charge >= 0.3 is 0 Å². The Labute approximate surface area is 113 Å². The molecule has 0 aromatic heterocycles. The van der Waals surface area contributed by atoms with Crippen molar-refractivity contribution in [1.29, 1.82) is 5.26 Å². The van der Waals surface area contributed by atoms with E-state index in [2.05, 4.69) is 11.4 Å². The third kappa shape index (κ3) is 3.44. The van der Waals surface area contributed by atoms with E-state index < -0.39 is 6.10 Å². The third-order valence-corrected chi connectivity index (χ3v) is 3.39. The second kappa shape index (κ2) is 6.53. The highest BCUT2D eigenvalue weighted by atomic mass is 16.5. The molecule has 2 unspecified atom stereocenters. The zero-order valence-corrected chi connectivity index (χ0v) is 11.0. The summed E-state index contributed by atoms with van der Waals surface area (Å²) in [5.74, 6) is 0.730. The highest BCUT2D eigenvalue weighted by Gasteiger charge is 2.24. The van der Waals surface area contributed by atoms with Crippen LogP contribution in [0.15, 0.2) is 24.3 Å². The Morgan fingerprint density at radius 3 is 3.21 bits per heavy atom. The molecule has 0 bridgehead atoms. The Hall–Kier alpha value is -1.61. The number of aliphatic hydroxyl groups is 1. The molecule has 1 saturated heterocycles. The largest absolute Gasteiger partial charge is 0.497 e. The van der Waals surface area contributed by atoms with E-state index in [1.54, 1.807) is 7.11 Å². The van der Waals surface area contributed by atoms with E-state index in [1.807, 2.05) is 29.2 Å². The van der Waals surface area contributed by atoms with Crippen molar-refractivity contribution >= 4 is 0 Å². The maximum Gasteiger partial charge on any atom is 0.119 e. The van der Waals surface area contributed by atoms with Crippen LogP contribution in [-0.2, 0) is 0 Å². The summed E-state index contributed by atoms with van der Waals surface area (Å²) >= 11 is 0. The van der Waals surface area contributed by atoms with Crippen LogP contribution in [0, 0.1) is 11.3 Å². The molecule has 19 heavy (non-hydrogen) atoms. The molecule has 0 aliphatic carbocycles. The molecule has 5 heteroatoms. The Balaban J connectivity index is 2.03. The average Bonchev–Trinajstić information content (AvgIpc) is 2.47. The number of hydrogen-bond acceptors (Lipinski definition) is 5. The molecule has 1 aliphatic rings. The standard InChI is InChI=1S/C14H19N3O2/c1-19-13-4-2-3-11(7-13)14(18)10-17-6-5-16-9-12(17)8-15/h2-4,7,12,14,16,18H,5-6,9-10H2,1H3. The summed E-state index contributed by atoms with van der Waals surface area (Å²) in [5.41, 5.74) is 0.814. The molecule has 2 rings (SSSR count). The minimum Gasteiger partial charge on any atom is -0.497 e. The van der Waals surface area contributed by atoms with Gasteiger partial charge in [0.1, 0.15) is 11.8 Å². The number of nitrogens with one attached hydrogen (secondary N) is 1. The molecule has 1 fully saturated rings. The zero-order chi connectivity index (χ0) is 13.7. The summed E-state index contributed by atoms with van der Waals surface area (Å²) < 4.78 is 5.15. The number of rotatable bonds is 4. The van der Waals surface area contributed by atoms with Gasteiger partial charge in [0.15, 0.2) is 0 Å². The fourth-order valence-electron chi connectivity index (χ4n) is 2.27. The van der Waals surface area contributed by atoms with E-state index >= 15 is 0 Å². The maximum absolute atomic E-state index is 10.3. The monoisotopic (exact) mass is 261 g/mol. The van der Waals surface area contributed by atoms with Crippen molar-refractivity contribution < 1.29 is 9.84 Å². The van der Waals surface area contributed by atoms with Crippen LogP contribution in [0.1, 0.15) is 11.7 Å². The van der Waals surface area contributed by atoms with Crippen molar-refractivity contribution in [2.45, 2.75) is 12.1 Å². The number of β-amino-alcohol motifs (C(OH)–C–C–N with tert-alkyl or cyclic N) is 1. The first-order valence-corrected chi connectivity index (χ1v) is 6.41. The smallest absolute Gasteiger partial charge is 0.119 e. The molecule has 0 amide bonds. The molecule has 2 atom stereocenters. The molecule has 1 aromatic carbocycles. The van der Waals surface area contributed by atoms with Crippen molar-refractivity contribution in [2.24, 2.45) is 0 Å². The molecule has 0 saturated carbocycles. The van der Waals surface area contributed by atoms with Crippen molar-refractivity contribution in [2.75, 3.05) is 33.3 Å². The van der Waals surface area contributed by atoms with E-state index in [0.717, 1.165) is 24.4 Å². The first-order chi connectivity index (χ1) is 9.24. The summed E-state index contributed by atoms with van der Waals surface area (Å²) in [6, 6.07) is 9.49. The lowest BCUT2D eigenvalue weighted by molar-refractivity contribution is 0.0891. The number of nitrogens with zero attached hydrogens (tertiary/aromatic N) is 2. The summed E-state index contributed by atoms with van der Waals surface area (Å²) in [7, 11) is 1.60. The highest BCUT2D eigenvalue weighted by Crippen LogP contribution is 2.20. The van der Waals surface area contributed by atoms with Gasteiger partial charge in [0.2, 0.25) is 0 Å². The van der Waals surface area contributed by atoms with Crippen LogP contribution in [0.5, 0.6) is 5.75 Å². The molecule has 5 nitrogen and oxygen atoms in total. The summed E-state index contributed by atoms with van der Waals surface area (Å²) in [6.45, 7) is 2.75. The predicted molar refractivity (Wildman–Crippen MR) is 71.8 cm³/mol. The van der Waals surface area contributed by atoms with E-state index in [0.29, 0.717) is 13.1 Å². The van der Waals surface area contributed by atoms with Gasteiger partial charge < -0.3 is 15.2 Å². The first-order valence-electron chi connectivity index (χ1n) is 6.41. The predicted octanol–water partition coefficient (Wildman–Crippen LogP) is 0.526. The molecule has 1 heterocycles. The van der Waals surface area contributed by atoms with Crippen LogP contribution in [-0.4, -0.2) is 49.3 Å². The van der Waals surface area contributed by atoms with E-state index in [9.17, 15) is 5.11 Å². The number of methoxy groups -OCH3 is 1. The van der Waals surface area contributed by atoms with Crippen LogP contribution in [0.4, 0.5) is 0 Å². The van der Waals surface area contributed by atoms with Gasteiger partial charge in [-0.25, -0.2) is 0 Å². The number of benzene rings is 1. The summed E-state index contributed by atoms with van der Waals surface area (Å²) in [4.78, 5) is 2.01. The average molecular weight is 261 g/mol. The van der Waals surface area contributed by atoms with Gasteiger partial charge in [-0.15, -0.1) is 0 Å². The molecule has 0 radical (unpaired) electrons. The molecular formula is C14H19N3O2. The van der Waals surface area contributed by atoms with Crippen LogP contribution >= 0.6 is 0 Å². The van der Waals surface area contributed by atoms with Gasteiger partial charge in [0.05, 0.1) is 19.3 Å². The molecule has 1 aliphatic heterocycles. The van der Waals surface area contributed by atoms with Crippen LogP contribution in [0.25, 0.3) is 0 Å². The Kier molecular flexibility index (Phi) is 4.74. The Morgan fingerprint density at radius 2 is 2.47 bits per heavy atom. The SMILES string of the molecule is COc1cccc(C(O)CN2CCNCC2C#N)c1. The van der Waals surface area contributed by atoms with Crippen LogP contribution in [0.2, 0.25) is 0 Å². The zero-order valence-electron chi connectivity index (χ0n) is 11.0. The number of ether oxygens (including phenoxy) is 1. The van der Waals surface area contributed by atoms with Crippen molar-refractivity contribution in [3.8, 4) is 11.8 Å². The van der Waals surface area contributed by atoms with E-state index in [4.69, 9.17) is 10.00 Å². The lowest BCUT2D eigenvalue weighted by Gasteiger charge is -2.33. The third-order valence-electron chi connectivity index (χ3n) is 3.39. The lowest BCUT2D eigenvalue weighted by Crippen LogP contribution is -2.51. The van der Waals surface area contributed by atoms with E-state index in [1.165, 1.54) is 0 Å². The number of hydrogen-bond donors (Lipinski definition) is 2. The van der Waals surface area contributed by atoms with E-state index in [-0.39, 0.29) is 6.04 Å². The topological polar surface area (TPSA) is 68.5 Å². The maximum atomic E-state index is 10.3. The van der Waals surface area contributed by atoms with Gasteiger partial charge in [0.25, 0.3) is 0 Å². The number of nitriles is 1. The normalized spacial score (nSPS) is 21.6.